The van der Waals surface area contributed by atoms with Gasteiger partial charge in [-0.05, 0) is 37.6 Å². The fourth-order valence-corrected chi connectivity index (χ4v) is 4.30. The average molecular weight is 395 g/mol. The van der Waals surface area contributed by atoms with Crippen molar-refractivity contribution in [3.8, 4) is 0 Å². The van der Waals surface area contributed by atoms with Crippen LogP contribution in [-0.4, -0.2) is 64.6 Å². The summed E-state index contributed by atoms with van der Waals surface area (Å²) in [7, 11) is 0. The lowest BCUT2D eigenvalue weighted by Crippen LogP contribution is -2.51. The molecule has 1 amide bonds. The van der Waals surface area contributed by atoms with Gasteiger partial charge in [0.25, 0.3) is 5.91 Å². The average Bonchev–Trinajstić information content (AvgIpc) is 3.27. The molecule has 1 aromatic carbocycles. The molecule has 2 aromatic rings. The van der Waals surface area contributed by atoms with Gasteiger partial charge in [0.1, 0.15) is 11.5 Å². The zero-order valence-corrected chi connectivity index (χ0v) is 17.3. The first-order valence-corrected chi connectivity index (χ1v) is 10.7. The van der Waals surface area contributed by atoms with Crippen LogP contribution >= 0.6 is 0 Å². The summed E-state index contributed by atoms with van der Waals surface area (Å²) in [5, 5.41) is 0. The number of rotatable bonds is 5. The number of ether oxygens (including phenoxy) is 1. The largest absolute Gasteiger partial charge is 0.373 e. The van der Waals surface area contributed by atoms with Crippen molar-refractivity contribution >= 4 is 5.91 Å². The molecule has 6 nitrogen and oxygen atoms in total. The molecule has 2 aliphatic heterocycles. The molecule has 29 heavy (non-hydrogen) atoms. The van der Waals surface area contributed by atoms with Gasteiger partial charge >= 0.3 is 0 Å². The number of hydrogen-bond acceptors (Lipinski definition) is 5. The summed E-state index contributed by atoms with van der Waals surface area (Å²) < 4.78 is 6.22. The maximum atomic E-state index is 13.5. The Bertz CT molecular complexity index is 821. The molecule has 2 aliphatic rings. The summed E-state index contributed by atoms with van der Waals surface area (Å²) in [4.78, 5) is 26.8. The monoisotopic (exact) mass is 394 g/mol. The van der Waals surface area contributed by atoms with Gasteiger partial charge in [0.15, 0.2) is 0 Å². The Kier molecular flexibility index (Phi) is 6.21. The van der Waals surface area contributed by atoms with E-state index in [1.165, 1.54) is 12.8 Å². The highest BCUT2D eigenvalue weighted by Gasteiger charge is 2.38. The topological polar surface area (TPSA) is 58.6 Å². The Morgan fingerprint density at radius 3 is 2.62 bits per heavy atom. The first-order chi connectivity index (χ1) is 14.1. The van der Waals surface area contributed by atoms with Gasteiger partial charge in [-0.3, -0.25) is 4.79 Å². The molecular weight excluding hydrogens is 364 g/mol. The SMILES string of the molecule is CC(C)c1nccc(C(=O)N2CCO[C@@H](CN3CCCC3)[C@@H]2c2ccccc2)n1. The predicted molar refractivity (Wildman–Crippen MR) is 112 cm³/mol. The standard InChI is InChI=1S/C23H30N4O2/c1-17(2)22-24-11-10-19(25-22)23(28)27-14-15-29-20(16-26-12-6-7-13-26)21(27)18-8-4-3-5-9-18/h3-5,8-11,17,20-21H,6-7,12-16H2,1-2H3/t20-,21-/m0/s1. The molecule has 3 heterocycles. The highest BCUT2D eigenvalue weighted by Crippen LogP contribution is 2.32. The van der Waals surface area contributed by atoms with Gasteiger partial charge in [0, 0.05) is 25.2 Å². The molecular formula is C23H30N4O2. The molecule has 0 radical (unpaired) electrons. The van der Waals surface area contributed by atoms with E-state index < -0.39 is 0 Å². The van der Waals surface area contributed by atoms with E-state index in [0.717, 1.165) is 25.2 Å². The molecule has 2 atom stereocenters. The van der Waals surface area contributed by atoms with Gasteiger partial charge in [-0.25, -0.2) is 9.97 Å². The van der Waals surface area contributed by atoms with E-state index in [-0.39, 0.29) is 24.0 Å². The van der Waals surface area contributed by atoms with Gasteiger partial charge < -0.3 is 14.5 Å². The molecule has 0 bridgehead atoms. The van der Waals surface area contributed by atoms with Gasteiger partial charge in [-0.1, -0.05) is 44.2 Å². The van der Waals surface area contributed by atoms with Crippen LogP contribution in [-0.2, 0) is 4.74 Å². The van der Waals surface area contributed by atoms with Crippen molar-refractivity contribution in [2.24, 2.45) is 0 Å². The number of aromatic nitrogens is 2. The normalized spacial score (nSPS) is 22.9. The molecule has 154 valence electrons. The van der Waals surface area contributed by atoms with Gasteiger partial charge in [-0.15, -0.1) is 0 Å². The Hall–Kier alpha value is -2.31. The molecule has 4 rings (SSSR count). The summed E-state index contributed by atoms with van der Waals surface area (Å²) in [5.74, 6) is 0.840. The molecule has 0 unspecified atom stereocenters. The first kappa shape index (κ1) is 20.0. The Labute approximate surface area is 172 Å². The maximum absolute atomic E-state index is 13.5. The number of amides is 1. The van der Waals surface area contributed by atoms with E-state index in [9.17, 15) is 4.79 Å². The quantitative estimate of drug-likeness (QED) is 0.779. The Morgan fingerprint density at radius 2 is 1.90 bits per heavy atom. The summed E-state index contributed by atoms with van der Waals surface area (Å²) >= 11 is 0. The number of morpholine rings is 1. The lowest BCUT2D eigenvalue weighted by atomic mass is 9.97. The predicted octanol–water partition coefficient (Wildman–Crippen LogP) is 3.28. The van der Waals surface area contributed by atoms with Crippen LogP contribution in [0, 0.1) is 0 Å². The number of likely N-dealkylation sites (tertiary alicyclic amines) is 1. The Morgan fingerprint density at radius 1 is 1.14 bits per heavy atom. The van der Waals surface area contributed by atoms with E-state index in [4.69, 9.17) is 4.74 Å². The minimum Gasteiger partial charge on any atom is -0.373 e. The van der Waals surface area contributed by atoms with Crippen LogP contribution in [0.5, 0.6) is 0 Å². The maximum Gasteiger partial charge on any atom is 0.273 e. The number of carbonyl (C=O) groups is 1. The van der Waals surface area contributed by atoms with Crippen LogP contribution in [0.15, 0.2) is 42.6 Å². The highest BCUT2D eigenvalue weighted by atomic mass is 16.5. The molecule has 0 spiro atoms. The third kappa shape index (κ3) is 4.49. The van der Waals surface area contributed by atoms with Crippen molar-refractivity contribution in [3.63, 3.8) is 0 Å². The van der Waals surface area contributed by atoms with Crippen LogP contribution < -0.4 is 0 Å². The van der Waals surface area contributed by atoms with E-state index in [1.807, 2.05) is 36.9 Å². The van der Waals surface area contributed by atoms with E-state index in [1.54, 1.807) is 12.3 Å². The van der Waals surface area contributed by atoms with E-state index >= 15 is 0 Å². The zero-order chi connectivity index (χ0) is 20.2. The van der Waals surface area contributed by atoms with Crippen molar-refractivity contribution in [1.82, 2.24) is 19.8 Å². The van der Waals surface area contributed by atoms with Crippen molar-refractivity contribution in [2.75, 3.05) is 32.8 Å². The van der Waals surface area contributed by atoms with Gasteiger partial charge in [0.05, 0.1) is 18.8 Å². The third-order valence-corrected chi connectivity index (χ3v) is 5.80. The van der Waals surface area contributed by atoms with Crippen molar-refractivity contribution in [2.45, 2.75) is 44.8 Å². The van der Waals surface area contributed by atoms with Crippen LogP contribution in [0.2, 0.25) is 0 Å². The lowest BCUT2D eigenvalue weighted by molar-refractivity contribution is -0.0708. The van der Waals surface area contributed by atoms with Crippen LogP contribution in [0.1, 0.15) is 60.5 Å². The fraction of sp³-hybridized carbons (Fsp3) is 0.522. The Balaban J connectivity index is 1.64. The van der Waals surface area contributed by atoms with E-state index in [2.05, 4.69) is 27.0 Å². The number of hydrogen-bond donors (Lipinski definition) is 0. The number of carbonyl (C=O) groups excluding carboxylic acids is 1. The highest BCUT2D eigenvalue weighted by molar-refractivity contribution is 5.92. The minimum absolute atomic E-state index is 0.0420. The van der Waals surface area contributed by atoms with Gasteiger partial charge in [-0.2, -0.15) is 0 Å². The summed E-state index contributed by atoms with van der Waals surface area (Å²) in [5.41, 5.74) is 1.58. The van der Waals surface area contributed by atoms with Gasteiger partial charge in [0.2, 0.25) is 0 Å². The van der Waals surface area contributed by atoms with Crippen LogP contribution in [0.25, 0.3) is 0 Å². The van der Waals surface area contributed by atoms with Crippen LogP contribution in [0.4, 0.5) is 0 Å². The van der Waals surface area contributed by atoms with Crippen molar-refractivity contribution < 1.29 is 9.53 Å². The first-order valence-electron chi connectivity index (χ1n) is 10.7. The molecule has 0 N–H and O–H groups in total. The third-order valence-electron chi connectivity index (χ3n) is 5.80. The lowest BCUT2D eigenvalue weighted by Gasteiger charge is -2.42. The fourth-order valence-electron chi connectivity index (χ4n) is 4.30. The second-order valence-electron chi connectivity index (χ2n) is 8.23. The van der Waals surface area contributed by atoms with E-state index in [0.29, 0.717) is 24.7 Å². The molecule has 0 aliphatic carbocycles. The minimum atomic E-state index is -0.115. The molecule has 2 fully saturated rings. The molecule has 6 heteroatoms. The number of benzene rings is 1. The second kappa shape index (κ2) is 9.01. The summed E-state index contributed by atoms with van der Waals surface area (Å²) in [6.45, 7) is 8.27. The second-order valence-corrected chi connectivity index (χ2v) is 8.23. The number of nitrogens with zero attached hydrogens (tertiary/aromatic N) is 4. The van der Waals surface area contributed by atoms with Crippen molar-refractivity contribution in [1.29, 1.82) is 0 Å². The summed E-state index contributed by atoms with van der Waals surface area (Å²) in [6, 6.07) is 11.9. The van der Waals surface area contributed by atoms with Crippen LogP contribution in [0.3, 0.4) is 0 Å². The summed E-state index contributed by atoms with van der Waals surface area (Å²) in [6.07, 6.45) is 4.13. The molecule has 1 aromatic heterocycles. The van der Waals surface area contributed by atoms with Crippen molar-refractivity contribution in [3.05, 3.63) is 59.7 Å². The molecule has 0 saturated carbocycles. The molecule has 2 saturated heterocycles. The zero-order valence-electron chi connectivity index (χ0n) is 17.3. The smallest absolute Gasteiger partial charge is 0.273 e.